The summed E-state index contributed by atoms with van der Waals surface area (Å²) in [5.41, 5.74) is 2.85. The van der Waals surface area contributed by atoms with Crippen molar-refractivity contribution >= 4 is 21.6 Å². The molecule has 0 fully saturated rings. The maximum Gasteiger partial charge on any atom is 0.262 e. The number of carbonyl (C=O) groups is 1. The molecule has 0 saturated heterocycles. The highest BCUT2D eigenvalue weighted by atomic mass is 32.2. The van der Waals surface area contributed by atoms with Gasteiger partial charge in [-0.05, 0) is 69.2 Å². The first-order valence-corrected chi connectivity index (χ1v) is 9.78. The third-order valence-electron chi connectivity index (χ3n) is 3.77. The third kappa shape index (κ3) is 5.31. The van der Waals surface area contributed by atoms with Crippen molar-refractivity contribution in [2.45, 2.75) is 38.6 Å². The SMILES string of the molecule is Cc1cccc(NC(=O)COc2ccc(S(=O)(=O)NC(C)C)cc2)c1C. The number of sulfonamides is 1. The molecule has 0 aliphatic heterocycles. The Morgan fingerprint density at radius 1 is 1.08 bits per heavy atom. The molecular formula is C19H24N2O4S. The quantitative estimate of drug-likeness (QED) is 0.778. The van der Waals surface area contributed by atoms with E-state index in [1.807, 2.05) is 32.0 Å². The summed E-state index contributed by atoms with van der Waals surface area (Å²) in [6, 6.07) is 11.5. The summed E-state index contributed by atoms with van der Waals surface area (Å²) in [4.78, 5) is 12.2. The summed E-state index contributed by atoms with van der Waals surface area (Å²) in [5, 5.41) is 2.81. The van der Waals surface area contributed by atoms with Crippen molar-refractivity contribution in [3.63, 3.8) is 0 Å². The molecule has 0 bridgehead atoms. The fourth-order valence-electron chi connectivity index (χ4n) is 2.32. The Hall–Kier alpha value is -2.38. The Bertz CT molecular complexity index is 875. The molecular weight excluding hydrogens is 352 g/mol. The number of hydrogen-bond acceptors (Lipinski definition) is 4. The van der Waals surface area contributed by atoms with Gasteiger partial charge in [-0.3, -0.25) is 4.79 Å². The summed E-state index contributed by atoms with van der Waals surface area (Å²) in [6.45, 7) is 7.26. The van der Waals surface area contributed by atoms with E-state index in [0.29, 0.717) is 5.75 Å². The zero-order valence-corrected chi connectivity index (χ0v) is 16.2. The van der Waals surface area contributed by atoms with Gasteiger partial charge in [0.15, 0.2) is 6.61 Å². The van der Waals surface area contributed by atoms with Gasteiger partial charge in [0.25, 0.3) is 5.91 Å². The molecule has 1 amide bonds. The molecule has 7 heteroatoms. The summed E-state index contributed by atoms with van der Waals surface area (Å²) in [5.74, 6) is 0.140. The lowest BCUT2D eigenvalue weighted by Gasteiger charge is -2.12. The van der Waals surface area contributed by atoms with Gasteiger partial charge in [-0.1, -0.05) is 12.1 Å². The Morgan fingerprint density at radius 3 is 2.35 bits per heavy atom. The highest BCUT2D eigenvalue weighted by molar-refractivity contribution is 7.89. The average molecular weight is 376 g/mol. The van der Waals surface area contributed by atoms with Crippen molar-refractivity contribution in [2.24, 2.45) is 0 Å². The monoisotopic (exact) mass is 376 g/mol. The van der Waals surface area contributed by atoms with Crippen LogP contribution in [0.4, 0.5) is 5.69 Å². The number of amides is 1. The Labute approximate surface area is 154 Å². The number of rotatable bonds is 7. The number of ether oxygens (including phenoxy) is 1. The number of benzene rings is 2. The van der Waals surface area contributed by atoms with Gasteiger partial charge in [0.1, 0.15) is 5.75 Å². The molecule has 0 aromatic heterocycles. The third-order valence-corrected chi connectivity index (χ3v) is 5.45. The highest BCUT2D eigenvalue weighted by Gasteiger charge is 2.15. The number of hydrogen-bond donors (Lipinski definition) is 2. The van der Waals surface area contributed by atoms with Crippen LogP contribution in [0.1, 0.15) is 25.0 Å². The van der Waals surface area contributed by atoms with E-state index in [1.54, 1.807) is 13.8 Å². The minimum Gasteiger partial charge on any atom is -0.484 e. The van der Waals surface area contributed by atoms with Crippen molar-refractivity contribution in [1.29, 1.82) is 0 Å². The normalized spacial score (nSPS) is 11.4. The Morgan fingerprint density at radius 2 is 1.73 bits per heavy atom. The largest absolute Gasteiger partial charge is 0.484 e. The molecule has 0 aliphatic rings. The van der Waals surface area contributed by atoms with Crippen LogP contribution in [0, 0.1) is 13.8 Å². The first kappa shape index (κ1) is 19.9. The number of carbonyl (C=O) groups excluding carboxylic acids is 1. The van der Waals surface area contributed by atoms with Crippen LogP contribution < -0.4 is 14.8 Å². The van der Waals surface area contributed by atoms with E-state index in [0.717, 1.165) is 16.8 Å². The van der Waals surface area contributed by atoms with Crippen molar-refractivity contribution in [1.82, 2.24) is 4.72 Å². The van der Waals surface area contributed by atoms with E-state index < -0.39 is 10.0 Å². The molecule has 0 unspecified atom stereocenters. The molecule has 0 atom stereocenters. The van der Waals surface area contributed by atoms with Crippen LogP contribution in [0.2, 0.25) is 0 Å². The number of anilines is 1. The lowest BCUT2D eigenvalue weighted by Crippen LogP contribution is -2.30. The van der Waals surface area contributed by atoms with Gasteiger partial charge in [0.2, 0.25) is 10.0 Å². The molecule has 26 heavy (non-hydrogen) atoms. The average Bonchev–Trinajstić information content (AvgIpc) is 2.56. The molecule has 0 radical (unpaired) electrons. The van der Waals surface area contributed by atoms with Crippen LogP contribution in [0.3, 0.4) is 0 Å². The van der Waals surface area contributed by atoms with Gasteiger partial charge in [-0.2, -0.15) is 0 Å². The van der Waals surface area contributed by atoms with Crippen molar-refractivity contribution in [3.05, 3.63) is 53.6 Å². The Kier molecular flexibility index (Phi) is 6.39. The fraction of sp³-hybridized carbons (Fsp3) is 0.316. The predicted octanol–water partition coefficient (Wildman–Crippen LogP) is 3.01. The van der Waals surface area contributed by atoms with Crippen molar-refractivity contribution in [2.75, 3.05) is 11.9 Å². The number of aryl methyl sites for hydroxylation is 1. The molecule has 6 nitrogen and oxygen atoms in total. The molecule has 2 N–H and O–H groups in total. The van der Waals surface area contributed by atoms with E-state index in [4.69, 9.17) is 4.74 Å². The molecule has 0 aliphatic carbocycles. The summed E-state index contributed by atoms with van der Waals surface area (Å²) in [6.07, 6.45) is 0. The van der Waals surface area contributed by atoms with Crippen LogP contribution >= 0.6 is 0 Å². The summed E-state index contributed by atoms with van der Waals surface area (Å²) >= 11 is 0. The molecule has 0 spiro atoms. The van der Waals surface area contributed by atoms with Crippen LogP contribution in [0.25, 0.3) is 0 Å². The van der Waals surface area contributed by atoms with E-state index in [1.165, 1.54) is 24.3 Å². The maximum atomic E-state index is 12.1. The molecule has 2 aromatic rings. The summed E-state index contributed by atoms with van der Waals surface area (Å²) < 4.78 is 32.1. The Balaban J connectivity index is 1.95. The van der Waals surface area contributed by atoms with Crippen LogP contribution in [-0.2, 0) is 14.8 Å². The topological polar surface area (TPSA) is 84.5 Å². The van der Waals surface area contributed by atoms with E-state index in [2.05, 4.69) is 10.0 Å². The lowest BCUT2D eigenvalue weighted by molar-refractivity contribution is -0.118. The van der Waals surface area contributed by atoms with Gasteiger partial charge in [0.05, 0.1) is 4.90 Å². The van der Waals surface area contributed by atoms with Gasteiger partial charge in [0, 0.05) is 11.7 Å². The highest BCUT2D eigenvalue weighted by Crippen LogP contribution is 2.19. The van der Waals surface area contributed by atoms with Gasteiger partial charge in [-0.15, -0.1) is 0 Å². The van der Waals surface area contributed by atoms with Crippen LogP contribution in [0.15, 0.2) is 47.4 Å². The minimum absolute atomic E-state index is 0.151. The second-order valence-corrected chi connectivity index (χ2v) is 8.05. The predicted molar refractivity (Wildman–Crippen MR) is 102 cm³/mol. The maximum absolute atomic E-state index is 12.1. The first-order valence-electron chi connectivity index (χ1n) is 8.30. The standard InChI is InChI=1S/C19H24N2O4S/c1-13(2)21-26(23,24)17-10-8-16(9-11-17)25-12-19(22)20-18-7-5-6-14(3)15(18)4/h5-11,13,21H,12H2,1-4H3,(H,20,22). The van der Waals surface area contributed by atoms with Gasteiger partial charge >= 0.3 is 0 Å². The molecule has 0 saturated carbocycles. The molecule has 2 rings (SSSR count). The van der Waals surface area contributed by atoms with Crippen molar-refractivity contribution in [3.8, 4) is 5.75 Å². The van der Waals surface area contributed by atoms with Gasteiger partial charge < -0.3 is 10.1 Å². The van der Waals surface area contributed by atoms with Crippen LogP contribution in [0.5, 0.6) is 5.75 Å². The lowest BCUT2D eigenvalue weighted by atomic mass is 10.1. The second kappa shape index (κ2) is 8.33. The zero-order valence-electron chi connectivity index (χ0n) is 15.4. The van der Waals surface area contributed by atoms with Crippen molar-refractivity contribution < 1.29 is 17.9 Å². The number of nitrogens with one attached hydrogen (secondary N) is 2. The van der Waals surface area contributed by atoms with Gasteiger partial charge in [-0.25, -0.2) is 13.1 Å². The molecule has 2 aromatic carbocycles. The second-order valence-electron chi connectivity index (χ2n) is 6.33. The zero-order chi connectivity index (χ0) is 19.3. The molecule has 140 valence electrons. The smallest absolute Gasteiger partial charge is 0.262 e. The first-order chi connectivity index (χ1) is 12.2. The van der Waals surface area contributed by atoms with E-state index in [-0.39, 0.29) is 23.5 Å². The van der Waals surface area contributed by atoms with E-state index >= 15 is 0 Å². The molecule has 0 heterocycles. The van der Waals surface area contributed by atoms with Crippen LogP contribution in [-0.4, -0.2) is 27.0 Å². The van der Waals surface area contributed by atoms with E-state index in [9.17, 15) is 13.2 Å². The summed E-state index contributed by atoms with van der Waals surface area (Å²) in [7, 11) is -3.54. The minimum atomic E-state index is -3.54. The fourth-order valence-corrected chi connectivity index (χ4v) is 3.57.